The lowest BCUT2D eigenvalue weighted by molar-refractivity contribution is -0.0577. The molecule has 0 amide bonds. The minimum atomic E-state index is -0.425. The van der Waals surface area contributed by atoms with Crippen LogP contribution in [0.15, 0.2) is 18.2 Å². The molecule has 0 aromatic heterocycles. The number of fused-ring (bicyclic) bond motifs is 1. The molecule has 0 unspecified atom stereocenters. The summed E-state index contributed by atoms with van der Waals surface area (Å²) in [5.74, 6) is 1.58. The predicted molar refractivity (Wildman–Crippen MR) is 78.2 cm³/mol. The molecule has 1 aromatic rings. The van der Waals surface area contributed by atoms with Crippen molar-refractivity contribution in [3.63, 3.8) is 0 Å². The van der Waals surface area contributed by atoms with E-state index in [9.17, 15) is 5.11 Å². The van der Waals surface area contributed by atoms with Crippen molar-refractivity contribution in [1.82, 2.24) is 0 Å². The van der Waals surface area contributed by atoms with Crippen LogP contribution in [0.2, 0.25) is 0 Å². The van der Waals surface area contributed by atoms with Crippen LogP contribution in [0.4, 0.5) is 0 Å². The van der Waals surface area contributed by atoms with Crippen molar-refractivity contribution in [3.8, 4) is 11.5 Å². The summed E-state index contributed by atoms with van der Waals surface area (Å²) < 4.78 is 11.6. The van der Waals surface area contributed by atoms with Crippen LogP contribution in [0.1, 0.15) is 57.6 Å². The molecule has 1 fully saturated rings. The molecule has 1 aliphatic heterocycles. The first-order valence-corrected chi connectivity index (χ1v) is 7.48. The number of aliphatic hydroxyl groups is 1. The molecule has 1 atom stereocenters. The molecule has 1 spiro atoms. The first kappa shape index (κ1) is 13.7. The van der Waals surface area contributed by atoms with Crippen LogP contribution in [-0.2, 0) is 0 Å². The Morgan fingerprint density at radius 2 is 1.90 bits per heavy atom. The van der Waals surface area contributed by atoms with Crippen molar-refractivity contribution in [2.24, 2.45) is 5.41 Å². The molecule has 3 nitrogen and oxygen atoms in total. The third-order valence-electron chi connectivity index (χ3n) is 4.99. The molecule has 20 heavy (non-hydrogen) atoms. The largest absolute Gasteiger partial charge is 0.497 e. The minimum Gasteiger partial charge on any atom is -0.497 e. The van der Waals surface area contributed by atoms with E-state index in [1.165, 1.54) is 0 Å². The predicted octanol–water partition coefficient (Wildman–Crippen LogP) is 3.85. The van der Waals surface area contributed by atoms with Crippen molar-refractivity contribution < 1.29 is 14.6 Å². The Morgan fingerprint density at radius 3 is 2.55 bits per heavy atom. The zero-order valence-electron chi connectivity index (χ0n) is 12.6. The van der Waals surface area contributed by atoms with Gasteiger partial charge in [-0.25, -0.2) is 0 Å². The summed E-state index contributed by atoms with van der Waals surface area (Å²) in [4.78, 5) is 0. The summed E-state index contributed by atoms with van der Waals surface area (Å²) in [6.45, 7) is 4.63. The fourth-order valence-electron chi connectivity index (χ4n) is 3.43. The highest BCUT2D eigenvalue weighted by Crippen LogP contribution is 2.50. The quantitative estimate of drug-likeness (QED) is 0.846. The van der Waals surface area contributed by atoms with Gasteiger partial charge in [0.15, 0.2) is 0 Å². The molecule has 2 aliphatic rings. The van der Waals surface area contributed by atoms with E-state index in [0.717, 1.165) is 42.7 Å². The summed E-state index contributed by atoms with van der Waals surface area (Å²) in [6.07, 6.45) is 4.63. The third-order valence-corrected chi connectivity index (χ3v) is 4.99. The van der Waals surface area contributed by atoms with Crippen LogP contribution in [0, 0.1) is 5.41 Å². The summed E-state index contributed by atoms with van der Waals surface area (Å²) >= 11 is 0. The lowest BCUT2D eigenvalue weighted by Crippen LogP contribution is -2.45. The lowest BCUT2D eigenvalue weighted by Gasteiger charge is -2.47. The Hall–Kier alpha value is -1.22. The Labute approximate surface area is 120 Å². The van der Waals surface area contributed by atoms with Crippen LogP contribution in [0.5, 0.6) is 11.5 Å². The number of aliphatic hydroxyl groups excluding tert-OH is 1. The van der Waals surface area contributed by atoms with Gasteiger partial charge in [-0.2, -0.15) is 0 Å². The molecular formula is C17H24O3. The SMILES string of the molecule is COc1ccc2c(c1)OC1(CCC(C)(C)CC1)C[C@H]2O. The number of hydrogen-bond acceptors (Lipinski definition) is 3. The Morgan fingerprint density at radius 1 is 1.20 bits per heavy atom. The Bertz CT molecular complexity index is 497. The molecule has 1 heterocycles. The number of methoxy groups -OCH3 is 1. The van der Waals surface area contributed by atoms with E-state index in [2.05, 4.69) is 13.8 Å². The average Bonchev–Trinajstić information content (AvgIpc) is 2.42. The van der Waals surface area contributed by atoms with Crippen LogP contribution in [0.25, 0.3) is 0 Å². The van der Waals surface area contributed by atoms with Gasteiger partial charge in [-0.15, -0.1) is 0 Å². The maximum Gasteiger partial charge on any atom is 0.129 e. The molecular weight excluding hydrogens is 252 g/mol. The van der Waals surface area contributed by atoms with Crippen LogP contribution in [0.3, 0.4) is 0 Å². The van der Waals surface area contributed by atoms with E-state index in [1.54, 1.807) is 7.11 Å². The Balaban J connectivity index is 1.88. The zero-order valence-corrected chi connectivity index (χ0v) is 12.6. The van der Waals surface area contributed by atoms with Crippen molar-refractivity contribution in [2.45, 2.75) is 57.7 Å². The van der Waals surface area contributed by atoms with Gasteiger partial charge in [0, 0.05) is 18.1 Å². The first-order chi connectivity index (χ1) is 9.43. The van der Waals surface area contributed by atoms with Crippen LogP contribution in [-0.4, -0.2) is 17.8 Å². The maximum atomic E-state index is 10.5. The van der Waals surface area contributed by atoms with Gasteiger partial charge in [-0.05, 0) is 43.2 Å². The van der Waals surface area contributed by atoms with Crippen molar-refractivity contribution >= 4 is 0 Å². The molecule has 1 N–H and O–H groups in total. The highest BCUT2D eigenvalue weighted by Gasteiger charge is 2.44. The van der Waals surface area contributed by atoms with Gasteiger partial charge in [-0.1, -0.05) is 13.8 Å². The fourth-order valence-corrected chi connectivity index (χ4v) is 3.43. The summed E-state index contributed by atoms with van der Waals surface area (Å²) in [5.41, 5.74) is 1.10. The minimum absolute atomic E-state index is 0.186. The molecule has 1 aromatic carbocycles. The second kappa shape index (κ2) is 4.66. The van der Waals surface area contributed by atoms with Crippen molar-refractivity contribution in [3.05, 3.63) is 23.8 Å². The fraction of sp³-hybridized carbons (Fsp3) is 0.647. The van der Waals surface area contributed by atoms with Crippen LogP contribution >= 0.6 is 0 Å². The Kier molecular flexibility index (Phi) is 3.20. The molecule has 1 aliphatic carbocycles. The van der Waals surface area contributed by atoms with E-state index in [1.807, 2.05) is 18.2 Å². The highest BCUT2D eigenvalue weighted by atomic mass is 16.5. The maximum absolute atomic E-state index is 10.5. The molecule has 110 valence electrons. The number of hydrogen-bond donors (Lipinski definition) is 1. The topological polar surface area (TPSA) is 38.7 Å². The van der Waals surface area contributed by atoms with E-state index < -0.39 is 6.10 Å². The average molecular weight is 276 g/mol. The molecule has 0 bridgehead atoms. The number of benzene rings is 1. The number of ether oxygens (including phenoxy) is 2. The second-order valence-corrected chi connectivity index (χ2v) is 7.07. The van der Waals surface area contributed by atoms with E-state index in [-0.39, 0.29) is 5.60 Å². The molecule has 0 saturated heterocycles. The normalized spacial score (nSPS) is 26.7. The lowest BCUT2D eigenvalue weighted by atomic mass is 9.68. The van der Waals surface area contributed by atoms with Gasteiger partial charge in [-0.3, -0.25) is 0 Å². The van der Waals surface area contributed by atoms with Gasteiger partial charge >= 0.3 is 0 Å². The van der Waals surface area contributed by atoms with Gasteiger partial charge in [0.2, 0.25) is 0 Å². The summed E-state index contributed by atoms with van der Waals surface area (Å²) in [7, 11) is 1.65. The van der Waals surface area contributed by atoms with Gasteiger partial charge in [0.05, 0.1) is 13.2 Å². The van der Waals surface area contributed by atoms with E-state index >= 15 is 0 Å². The smallest absolute Gasteiger partial charge is 0.129 e. The van der Waals surface area contributed by atoms with Crippen molar-refractivity contribution in [2.75, 3.05) is 7.11 Å². The van der Waals surface area contributed by atoms with Gasteiger partial charge in [0.25, 0.3) is 0 Å². The van der Waals surface area contributed by atoms with Gasteiger partial charge in [0.1, 0.15) is 17.1 Å². The zero-order chi connectivity index (χ0) is 14.4. The number of rotatable bonds is 1. The molecule has 3 rings (SSSR count). The van der Waals surface area contributed by atoms with Crippen molar-refractivity contribution in [1.29, 1.82) is 0 Å². The second-order valence-electron chi connectivity index (χ2n) is 7.07. The standard InChI is InChI=1S/C17H24O3/c1-16(2)6-8-17(9-7-16)11-14(18)13-5-4-12(19-3)10-15(13)20-17/h4-5,10,14,18H,6-9,11H2,1-3H3/t14-/m1/s1. The molecule has 3 heteroatoms. The third kappa shape index (κ3) is 2.39. The molecule has 0 radical (unpaired) electrons. The van der Waals surface area contributed by atoms with Crippen LogP contribution < -0.4 is 9.47 Å². The van der Waals surface area contributed by atoms with E-state index in [4.69, 9.17) is 9.47 Å². The highest BCUT2D eigenvalue weighted by molar-refractivity contribution is 5.44. The molecule has 1 saturated carbocycles. The summed E-state index contributed by atoms with van der Waals surface area (Å²) in [5, 5.41) is 10.5. The van der Waals surface area contributed by atoms with E-state index in [0.29, 0.717) is 11.8 Å². The van der Waals surface area contributed by atoms with Gasteiger partial charge < -0.3 is 14.6 Å². The summed E-state index contributed by atoms with van der Waals surface area (Å²) in [6, 6.07) is 5.70. The first-order valence-electron chi connectivity index (χ1n) is 7.48. The monoisotopic (exact) mass is 276 g/mol.